The van der Waals surface area contributed by atoms with E-state index < -0.39 is 17.9 Å². The summed E-state index contributed by atoms with van der Waals surface area (Å²) in [5.41, 5.74) is 1.54. The molecule has 1 unspecified atom stereocenters. The summed E-state index contributed by atoms with van der Waals surface area (Å²) >= 11 is 6.10. The number of aliphatic carboxylic acids is 1. The van der Waals surface area contributed by atoms with Crippen molar-refractivity contribution in [2.24, 2.45) is 0 Å². The van der Waals surface area contributed by atoms with E-state index in [2.05, 4.69) is 5.32 Å². The third-order valence-electron chi connectivity index (χ3n) is 3.10. The molecule has 0 aliphatic carbocycles. The lowest BCUT2D eigenvalue weighted by atomic mass is 10.2. The Morgan fingerprint density at radius 2 is 2.15 bits per heavy atom. The minimum absolute atomic E-state index is 0.349. The molecule has 1 atom stereocenters. The number of aryl methyl sites for hydroxylation is 1. The van der Waals surface area contributed by atoms with Crippen LogP contribution in [0, 0.1) is 6.92 Å². The third-order valence-corrected chi connectivity index (χ3v) is 3.40. The van der Waals surface area contributed by atoms with Crippen LogP contribution in [0.4, 0.5) is 5.69 Å². The second kappa shape index (κ2) is 5.50. The fraction of sp³-hybridized carbons (Fsp3) is 0.308. The van der Waals surface area contributed by atoms with Gasteiger partial charge in [-0.1, -0.05) is 17.7 Å². The molecule has 0 bridgehead atoms. The van der Waals surface area contributed by atoms with Gasteiger partial charge in [0.25, 0.3) is 0 Å². The smallest absolute Gasteiger partial charge is 0.394 e. The number of hydrogen-bond donors (Lipinski definition) is 2. The molecule has 2 N–H and O–H groups in total. The van der Waals surface area contributed by atoms with Crippen LogP contribution in [-0.4, -0.2) is 35.5 Å². The van der Waals surface area contributed by atoms with Crippen molar-refractivity contribution in [2.45, 2.75) is 19.4 Å². The molecular weight excluding hydrogens is 284 g/mol. The lowest BCUT2D eigenvalue weighted by molar-refractivity contribution is -0.150. The van der Waals surface area contributed by atoms with Gasteiger partial charge in [0.15, 0.2) is 0 Å². The molecule has 2 amide bonds. The highest BCUT2D eigenvalue weighted by molar-refractivity contribution is 6.34. The molecule has 1 saturated heterocycles. The van der Waals surface area contributed by atoms with E-state index in [0.29, 0.717) is 23.7 Å². The van der Waals surface area contributed by atoms with Gasteiger partial charge in [-0.3, -0.25) is 9.59 Å². The molecule has 0 radical (unpaired) electrons. The maximum Gasteiger partial charge on any atom is 0.394 e. The van der Waals surface area contributed by atoms with Gasteiger partial charge in [-0.15, -0.1) is 0 Å². The molecule has 0 aromatic heterocycles. The number of nitrogens with zero attached hydrogens (tertiary/aromatic N) is 1. The molecule has 20 heavy (non-hydrogen) atoms. The Bertz CT molecular complexity index is 588. The first-order valence-electron chi connectivity index (χ1n) is 6.01. The van der Waals surface area contributed by atoms with Crippen molar-refractivity contribution in [1.82, 2.24) is 5.32 Å². The number of benzene rings is 1. The first-order valence-corrected chi connectivity index (χ1v) is 6.39. The van der Waals surface area contributed by atoms with Gasteiger partial charge in [-0.25, -0.2) is 4.79 Å². The number of amides is 2. The number of hydrogen-bond acceptors (Lipinski definition) is 3. The van der Waals surface area contributed by atoms with E-state index in [1.165, 1.54) is 4.90 Å². The van der Waals surface area contributed by atoms with Crippen LogP contribution in [0.5, 0.6) is 0 Å². The first-order chi connectivity index (χ1) is 9.40. The molecule has 1 aliphatic rings. The molecule has 2 rings (SSSR count). The summed E-state index contributed by atoms with van der Waals surface area (Å²) in [7, 11) is 0. The van der Waals surface area contributed by atoms with Gasteiger partial charge >= 0.3 is 11.9 Å². The number of halogens is 1. The van der Waals surface area contributed by atoms with E-state index in [-0.39, 0.29) is 5.91 Å². The fourth-order valence-corrected chi connectivity index (χ4v) is 2.44. The summed E-state index contributed by atoms with van der Waals surface area (Å²) in [4.78, 5) is 35.2. The second-order valence-corrected chi connectivity index (χ2v) is 4.97. The van der Waals surface area contributed by atoms with Crippen molar-refractivity contribution < 1.29 is 19.5 Å². The Morgan fingerprint density at radius 1 is 1.45 bits per heavy atom. The van der Waals surface area contributed by atoms with Crippen LogP contribution >= 0.6 is 11.6 Å². The van der Waals surface area contributed by atoms with Crippen LogP contribution in [0.1, 0.15) is 12.0 Å². The van der Waals surface area contributed by atoms with Gasteiger partial charge < -0.3 is 15.3 Å². The Balaban J connectivity index is 2.15. The van der Waals surface area contributed by atoms with Gasteiger partial charge in [0.05, 0.1) is 10.7 Å². The quantitative estimate of drug-likeness (QED) is 0.796. The zero-order valence-electron chi connectivity index (χ0n) is 10.7. The van der Waals surface area contributed by atoms with Crippen molar-refractivity contribution in [3.8, 4) is 0 Å². The molecule has 0 saturated carbocycles. The topological polar surface area (TPSA) is 86.7 Å². The molecule has 1 aromatic rings. The summed E-state index contributed by atoms with van der Waals surface area (Å²) in [6, 6.07) is 4.48. The Kier molecular flexibility index (Phi) is 3.94. The van der Waals surface area contributed by atoms with Crippen molar-refractivity contribution in [2.75, 3.05) is 11.4 Å². The molecule has 0 spiro atoms. The van der Waals surface area contributed by atoms with Crippen molar-refractivity contribution >= 4 is 35.1 Å². The predicted molar refractivity (Wildman–Crippen MR) is 72.7 cm³/mol. The lowest BCUT2D eigenvalue weighted by Crippen LogP contribution is -2.44. The summed E-state index contributed by atoms with van der Waals surface area (Å²) in [6.45, 7) is 2.27. The first kappa shape index (κ1) is 14.3. The number of nitrogens with one attached hydrogen (secondary N) is 1. The largest absolute Gasteiger partial charge is 0.474 e. The molecule has 7 heteroatoms. The third kappa shape index (κ3) is 2.75. The number of anilines is 1. The van der Waals surface area contributed by atoms with E-state index in [4.69, 9.17) is 16.7 Å². The van der Waals surface area contributed by atoms with Gasteiger partial charge in [-0.2, -0.15) is 0 Å². The average Bonchev–Trinajstić information content (AvgIpc) is 2.71. The van der Waals surface area contributed by atoms with E-state index >= 15 is 0 Å². The monoisotopic (exact) mass is 296 g/mol. The number of carbonyl (C=O) groups is 3. The fourth-order valence-electron chi connectivity index (χ4n) is 2.10. The summed E-state index contributed by atoms with van der Waals surface area (Å²) in [5.74, 6) is -3.14. The summed E-state index contributed by atoms with van der Waals surface area (Å²) in [6.07, 6.45) is 0.349. The maximum absolute atomic E-state index is 12.2. The van der Waals surface area contributed by atoms with Gasteiger partial charge in [0.2, 0.25) is 5.91 Å². The SMILES string of the molecule is Cc1ccc(N2CCC(NC(=O)C(=O)O)C2=O)c(Cl)c1. The number of carboxylic acid groups (broad SMARTS) is 1. The maximum atomic E-state index is 12.2. The second-order valence-electron chi connectivity index (χ2n) is 4.56. The summed E-state index contributed by atoms with van der Waals surface area (Å²) in [5, 5.41) is 11.2. The highest BCUT2D eigenvalue weighted by Crippen LogP contribution is 2.30. The number of carbonyl (C=O) groups excluding carboxylic acids is 2. The predicted octanol–water partition coefficient (Wildman–Crippen LogP) is 0.955. The number of rotatable bonds is 2. The van der Waals surface area contributed by atoms with Crippen molar-refractivity contribution in [3.05, 3.63) is 28.8 Å². The zero-order valence-corrected chi connectivity index (χ0v) is 11.5. The van der Waals surface area contributed by atoms with Gasteiger partial charge in [-0.05, 0) is 31.0 Å². The highest BCUT2D eigenvalue weighted by Gasteiger charge is 2.35. The van der Waals surface area contributed by atoms with Crippen LogP contribution in [0.25, 0.3) is 0 Å². The highest BCUT2D eigenvalue weighted by atomic mass is 35.5. The number of carboxylic acids is 1. The molecular formula is C13H13ClN2O4. The summed E-state index contributed by atoms with van der Waals surface area (Å²) < 4.78 is 0. The molecule has 1 aliphatic heterocycles. The van der Waals surface area contributed by atoms with E-state index in [1.54, 1.807) is 12.1 Å². The Morgan fingerprint density at radius 3 is 2.75 bits per heavy atom. The minimum Gasteiger partial charge on any atom is -0.474 e. The van der Waals surface area contributed by atoms with E-state index in [1.807, 2.05) is 13.0 Å². The normalized spacial score (nSPS) is 18.2. The molecule has 1 aromatic carbocycles. The van der Waals surface area contributed by atoms with Gasteiger partial charge in [0.1, 0.15) is 6.04 Å². The van der Waals surface area contributed by atoms with Crippen LogP contribution in [0.3, 0.4) is 0 Å². The lowest BCUT2D eigenvalue weighted by Gasteiger charge is -2.18. The van der Waals surface area contributed by atoms with Crippen molar-refractivity contribution in [1.29, 1.82) is 0 Å². The van der Waals surface area contributed by atoms with Crippen LogP contribution in [0.2, 0.25) is 5.02 Å². The van der Waals surface area contributed by atoms with Crippen molar-refractivity contribution in [3.63, 3.8) is 0 Å². The minimum atomic E-state index is -1.61. The average molecular weight is 297 g/mol. The molecule has 6 nitrogen and oxygen atoms in total. The van der Waals surface area contributed by atoms with Crippen LogP contribution < -0.4 is 10.2 Å². The Labute approximate surface area is 120 Å². The Hall–Kier alpha value is -2.08. The van der Waals surface area contributed by atoms with Crippen LogP contribution in [0.15, 0.2) is 18.2 Å². The standard InChI is InChI=1S/C13H13ClN2O4/c1-7-2-3-10(8(14)6-7)16-5-4-9(12(16)18)15-11(17)13(19)20/h2-3,6,9H,4-5H2,1H3,(H,15,17)(H,19,20). The zero-order chi connectivity index (χ0) is 14.9. The van der Waals surface area contributed by atoms with Gasteiger partial charge in [0, 0.05) is 6.54 Å². The molecule has 106 valence electrons. The van der Waals surface area contributed by atoms with E-state index in [0.717, 1.165) is 5.56 Å². The van der Waals surface area contributed by atoms with Crippen LogP contribution in [-0.2, 0) is 14.4 Å². The molecule has 1 heterocycles. The van der Waals surface area contributed by atoms with E-state index in [9.17, 15) is 14.4 Å². The molecule has 1 fully saturated rings.